The van der Waals surface area contributed by atoms with E-state index in [1.165, 1.54) is 22.1 Å². The molecule has 1 N–H and O–H groups in total. The Morgan fingerprint density at radius 1 is 1.06 bits per heavy atom. The van der Waals surface area contributed by atoms with Gasteiger partial charge in [-0.1, -0.05) is 30.7 Å². The smallest absolute Gasteiger partial charge is 0.264 e. The maximum atomic E-state index is 13.1. The van der Waals surface area contributed by atoms with Gasteiger partial charge in [0.2, 0.25) is 5.91 Å². The van der Waals surface area contributed by atoms with Crippen LogP contribution in [0, 0.1) is 6.92 Å². The fraction of sp³-hybridized carbons (Fsp3) is 0.360. The van der Waals surface area contributed by atoms with Gasteiger partial charge in [-0.2, -0.15) is 0 Å². The minimum absolute atomic E-state index is 0.0297. The fourth-order valence-electron chi connectivity index (χ4n) is 4.69. The molecule has 1 aromatic heterocycles. The third kappa shape index (κ3) is 4.60. The van der Waals surface area contributed by atoms with E-state index in [4.69, 9.17) is 4.98 Å². The van der Waals surface area contributed by atoms with Crippen molar-refractivity contribution in [2.45, 2.75) is 37.5 Å². The molecule has 2 aromatic carbocycles. The number of thiazole rings is 1. The Labute approximate surface area is 204 Å². The Morgan fingerprint density at radius 2 is 1.82 bits per heavy atom. The lowest BCUT2D eigenvalue weighted by Gasteiger charge is -2.25. The van der Waals surface area contributed by atoms with Crippen molar-refractivity contribution in [3.63, 3.8) is 0 Å². The zero-order valence-corrected chi connectivity index (χ0v) is 20.8. The Hall–Kier alpha value is -2.75. The lowest BCUT2D eigenvalue weighted by atomic mass is 10.1. The standard InChI is InChI=1S/C25H28N4O3S2/c1-18-24(27-25(33-18)26-23(30)17-28-13-6-3-7-14-28)20-10-11-22-19(16-20)12-15-29(22)34(31,32)21-8-4-2-5-9-21/h2,4-5,8-11,16H,3,6-7,12-15,17H2,1H3,(H,26,27,30). The molecular weight excluding hydrogens is 468 g/mol. The highest BCUT2D eigenvalue weighted by atomic mass is 32.2. The molecule has 0 aliphatic carbocycles. The Balaban J connectivity index is 1.33. The van der Waals surface area contributed by atoms with Crippen molar-refractivity contribution in [1.82, 2.24) is 9.88 Å². The summed E-state index contributed by atoms with van der Waals surface area (Å²) < 4.78 is 27.7. The number of aromatic nitrogens is 1. The molecule has 3 heterocycles. The van der Waals surface area contributed by atoms with Crippen LogP contribution in [0.4, 0.5) is 10.8 Å². The molecule has 0 saturated carbocycles. The molecule has 0 bridgehead atoms. The van der Waals surface area contributed by atoms with Crippen molar-refractivity contribution >= 4 is 38.1 Å². The molecule has 5 rings (SSSR count). The first-order valence-corrected chi connectivity index (χ1v) is 13.9. The minimum Gasteiger partial charge on any atom is -0.301 e. The van der Waals surface area contributed by atoms with Crippen molar-refractivity contribution in [3.05, 3.63) is 59.0 Å². The maximum absolute atomic E-state index is 13.1. The van der Waals surface area contributed by atoms with Crippen LogP contribution < -0.4 is 9.62 Å². The van der Waals surface area contributed by atoms with Crippen molar-refractivity contribution in [1.29, 1.82) is 0 Å². The molecule has 0 unspecified atom stereocenters. The summed E-state index contributed by atoms with van der Waals surface area (Å²) in [6.07, 6.45) is 4.19. The lowest BCUT2D eigenvalue weighted by Crippen LogP contribution is -2.36. The number of amides is 1. The number of piperidine rings is 1. The Kier molecular flexibility index (Phi) is 6.42. The van der Waals surface area contributed by atoms with Gasteiger partial charge in [0.25, 0.3) is 10.0 Å². The molecule has 1 fully saturated rings. The summed E-state index contributed by atoms with van der Waals surface area (Å²) in [6.45, 7) is 4.76. The summed E-state index contributed by atoms with van der Waals surface area (Å²) in [6, 6.07) is 14.3. The number of hydrogen-bond acceptors (Lipinski definition) is 6. The summed E-state index contributed by atoms with van der Waals surface area (Å²) in [4.78, 5) is 20.7. The summed E-state index contributed by atoms with van der Waals surface area (Å²) >= 11 is 1.47. The van der Waals surface area contributed by atoms with E-state index in [9.17, 15) is 13.2 Å². The molecule has 0 radical (unpaired) electrons. The topological polar surface area (TPSA) is 82.6 Å². The summed E-state index contributed by atoms with van der Waals surface area (Å²) in [7, 11) is -3.59. The second-order valence-corrected chi connectivity index (χ2v) is 11.9. The van der Waals surface area contributed by atoms with E-state index >= 15 is 0 Å². The predicted octanol–water partition coefficient (Wildman–Crippen LogP) is 4.29. The van der Waals surface area contributed by atoms with E-state index in [1.54, 1.807) is 24.3 Å². The summed E-state index contributed by atoms with van der Waals surface area (Å²) in [5, 5.41) is 3.56. The number of fused-ring (bicyclic) bond motifs is 1. The third-order valence-corrected chi connectivity index (χ3v) is 9.11. The van der Waals surface area contributed by atoms with Crippen LogP contribution >= 0.6 is 11.3 Å². The van der Waals surface area contributed by atoms with Crippen molar-refractivity contribution in [2.75, 3.05) is 35.8 Å². The van der Waals surface area contributed by atoms with Crippen LogP contribution in [0.3, 0.4) is 0 Å². The van der Waals surface area contributed by atoms with Crippen LogP contribution in [-0.4, -0.2) is 50.4 Å². The van der Waals surface area contributed by atoms with E-state index in [0.717, 1.165) is 53.3 Å². The van der Waals surface area contributed by atoms with Gasteiger partial charge in [0.1, 0.15) is 0 Å². The maximum Gasteiger partial charge on any atom is 0.264 e. The zero-order chi connectivity index (χ0) is 23.7. The van der Waals surface area contributed by atoms with E-state index < -0.39 is 10.0 Å². The molecule has 2 aliphatic rings. The van der Waals surface area contributed by atoms with E-state index in [-0.39, 0.29) is 5.91 Å². The van der Waals surface area contributed by atoms with Gasteiger partial charge < -0.3 is 5.32 Å². The molecule has 34 heavy (non-hydrogen) atoms. The van der Waals surface area contributed by atoms with Crippen molar-refractivity contribution in [2.24, 2.45) is 0 Å². The van der Waals surface area contributed by atoms with Crippen molar-refractivity contribution in [3.8, 4) is 11.3 Å². The first-order valence-electron chi connectivity index (χ1n) is 11.6. The van der Waals surface area contributed by atoms with E-state index in [1.807, 2.05) is 31.2 Å². The number of nitrogens with one attached hydrogen (secondary N) is 1. The summed E-state index contributed by atoms with van der Waals surface area (Å²) in [5.74, 6) is -0.0297. The first-order chi connectivity index (χ1) is 16.4. The number of carbonyl (C=O) groups is 1. The van der Waals surface area contributed by atoms with Crippen LogP contribution in [0.1, 0.15) is 29.7 Å². The van der Waals surface area contributed by atoms with Gasteiger partial charge in [0.15, 0.2) is 5.13 Å². The lowest BCUT2D eigenvalue weighted by molar-refractivity contribution is -0.117. The molecule has 1 amide bonds. The molecule has 0 spiro atoms. The number of hydrogen-bond donors (Lipinski definition) is 1. The van der Waals surface area contributed by atoms with Gasteiger partial charge in [-0.25, -0.2) is 13.4 Å². The molecule has 7 nitrogen and oxygen atoms in total. The second kappa shape index (κ2) is 9.48. The number of benzene rings is 2. The molecule has 178 valence electrons. The number of likely N-dealkylation sites (tertiary alicyclic amines) is 1. The highest BCUT2D eigenvalue weighted by Crippen LogP contribution is 2.37. The number of carbonyl (C=O) groups excluding carboxylic acids is 1. The molecule has 1 saturated heterocycles. The van der Waals surface area contributed by atoms with Gasteiger partial charge >= 0.3 is 0 Å². The van der Waals surface area contributed by atoms with Gasteiger partial charge in [-0.05, 0) is 69.1 Å². The SMILES string of the molecule is Cc1sc(NC(=O)CN2CCCCC2)nc1-c1ccc2c(c1)CCN2S(=O)(=O)c1ccccc1. The monoisotopic (exact) mass is 496 g/mol. The average Bonchev–Trinajstić information content (AvgIpc) is 3.43. The van der Waals surface area contributed by atoms with Gasteiger partial charge in [-0.3, -0.25) is 14.0 Å². The van der Waals surface area contributed by atoms with Crippen LogP contribution in [0.2, 0.25) is 0 Å². The molecule has 3 aromatic rings. The highest BCUT2D eigenvalue weighted by molar-refractivity contribution is 7.92. The second-order valence-electron chi connectivity index (χ2n) is 8.79. The largest absolute Gasteiger partial charge is 0.301 e. The number of sulfonamides is 1. The van der Waals surface area contributed by atoms with Crippen LogP contribution in [0.15, 0.2) is 53.4 Å². The number of rotatable bonds is 6. The Morgan fingerprint density at radius 3 is 2.59 bits per heavy atom. The van der Waals surface area contributed by atoms with Gasteiger partial charge in [0, 0.05) is 17.0 Å². The van der Waals surface area contributed by atoms with E-state index in [2.05, 4.69) is 10.2 Å². The average molecular weight is 497 g/mol. The fourth-order valence-corrected chi connectivity index (χ4v) is 7.06. The number of nitrogens with zero attached hydrogens (tertiary/aromatic N) is 3. The highest BCUT2D eigenvalue weighted by Gasteiger charge is 2.31. The quantitative estimate of drug-likeness (QED) is 0.550. The van der Waals surface area contributed by atoms with Crippen LogP contribution in [0.5, 0.6) is 0 Å². The zero-order valence-electron chi connectivity index (χ0n) is 19.2. The van der Waals surface area contributed by atoms with E-state index in [0.29, 0.717) is 29.5 Å². The van der Waals surface area contributed by atoms with Crippen LogP contribution in [-0.2, 0) is 21.2 Å². The minimum atomic E-state index is -3.59. The Bertz CT molecular complexity index is 1300. The summed E-state index contributed by atoms with van der Waals surface area (Å²) in [5.41, 5.74) is 3.46. The van der Waals surface area contributed by atoms with Crippen molar-refractivity contribution < 1.29 is 13.2 Å². The number of aryl methyl sites for hydroxylation is 1. The number of anilines is 2. The van der Waals surface area contributed by atoms with Crippen LogP contribution in [0.25, 0.3) is 11.3 Å². The molecular formula is C25H28N4O3S2. The van der Waals surface area contributed by atoms with Gasteiger partial charge in [0.05, 0.1) is 22.8 Å². The molecule has 2 aliphatic heterocycles. The third-order valence-electron chi connectivity index (χ3n) is 6.40. The molecule has 9 heteroatoms. The van der Waals surface area contributed by atoms with Gasteiger partial charge in [-0.15, -0.1) is 11.3 Å². The predicted molar refractivity (Wildman–Crippen MR) is 136 cm³/mol. The first kappa shape index (κ1) is 23.0. The normalized spacial score (nSPS) is 16.4. The molecule has 0 atom stereocenters.